The number of hydrogen-bond donors (Lipinski definition) is 1. The maximum absolute atomic E-state index is 11.9. The summed E-state index contributed by atoms with van der Waals surface area (Å²) < 4.78 is 5.06. The standard InChI is InChI=1S/C15H11N3O2/c19-15(18-16-10-12-5-3-9-20-12)14-8-7-11-4-1-2-6-13(11)17-14/h1-10H,(H,18,19). The summed E-state index contributed by atoms with van der Waals surface area (Å²) in [6.45, 7) is 0. The molecule has 0 atom stereocenters. The summed E-state index contributed by atoms with van der Waals surface area (Å²) in [4.78, 5) is 16.2. The highest BCUT2D eigenvalue weighted by atomic mass is 16.3. The molecule has 2 aromatic heterocycles. The van der Waals surface area contributed by atoms with E-state index in [2.05, 4.69) is 15.5 Å². The quantitative estimate of drug-likeness (QED) is 0.584. The summed E-state index contributed by atoms with van der Waals surface area (Å²) in [6, 6.07) is 14.6. The summed E-state index contributed by atoms with van der Waals surface area (Å²) in [5.41, 5.74) is 3.50. The Hall–Kier alpha value is -2.95. The Bertz CT molecular complexity index is 764. The van der Waals surface area contributed by atoms with E-state index in [4.69, 9.17) is 4.42 Å². The van der Waals surface area contributed by atoms with Crippen molar-refractivity contribution in [3.8, 4) is 0 Å². The molecule has 0 aliphatic carbocycles. The molecule has 0 fully saturated rings. The lowest BCUT2D eigenvalue weighted by atomic mass is 10.2. The Labute approximate surface area is 114 Å². The zero-order valence-corrected chi connectivity index (χ0v) is 10.5. The van der Waals surface area contributed by atoms with Gasteiger partial charge in [-0.15, -0.1) is 0 Å². The average molecular weight is 265 g/mol. The molecular weight excluding hydrogens is 254 g/mol. The van der Waals surface area contributed by atoms with E-state index in [1.54, 1.807) is 18.2 Å². The van der Waals surface area contributed by atoms with Crippen molar-refractivity contribution in [2.45, 2.75) is 0 Å². The monoisotopic (exact) mass is 265 g/mol. The molecule has 1 aromatic carbocycles. The molecule has 0 spiro atoms. The molecule has 0 radical (unpaired) electrons. The van der Waals surface area contributed by atoms with Crippen molar-refractivity contribution in [3.05, 3.63) is 66.2 Å². The Balaban J connectivity index is 1.75. The molecule has 0 unspecified atom stereocenters. The molecule has 3 aromatic rings. The predicted octanol–water partition coefficient (Wildman–Crippen LogP) is 2.59. The van der Waals surface area contributed by atoms with Crippen molar-refractivity contribution in [3.63, 3.8) is 0 Å². The van der Waals surface area contributed by atoms with Crippen LogP contribution in [0.3, 0.4) is 0 Å². The van der Waals surface area contributed by atoms with Gasteiger partial charge in [-0.3, -0.25) is 4.79 Å². The van der Waals surface area contributed by atoms with Gasteiger partial charge in [0.15, 0.2) is 0 Å². The Morgan fingerprint density at radius 1 is 1.15 bits per heavy atom. The number of hydrazone groups is 1. The third-order valence-corrected chi connectivity index (χ3v) is 2.73. The van der Waals surface area contributed by atoms with Crippen LogP contribution in [0.1, 0.15) is 16.2 Å². The van der Waals surface area contributed by atoms with Gasteiger partial charge in [0.25, 0.3) is 5.91 Å². The molecular formula is C15H11N3O2. The van der Waals surface area contributed by atoms with E-state index in [0.717, 1.165) is 10.9 Å². The number of para-hydroxylation sites is 1. The summed E-state index contributed by atoms with van der Waals surface area (Å²) in [5, 5.41) is 4.80. The van der Waals surface area contributed by atoms with E-state index in [1.807, 2.05) is 30.3 Å². The van der Waals surface area contributed by atoms with Gasteiger partial charge in [0.1, 0.15) is 11.5 Å². The zero-order chi connectivity index (χ0) is 13.8. The number of pyridine rings is 1. The minimum atomic E-state index is -0.362. The van der Waals surface area contributed by atoms with Gasteiger partial charge in [-0.1, -0.05) is 24.3 Å². The number of nitrogens with one attached hydrogen (secondary N) is 1. The highest BCUT2D eigenvalue weighted by Crippen LogP contribution is 2.11. The SMILES string of the molecule is O=C(NN=Cc1ccco1)c1ccc2ccccc2n1. The van der Waals surface area contributed by atoms with E-state index in [0.29, 0.717) is 11.5 Å². The fourth-order valence-electron chi connectivity index (χ4n) is 1.77. The molecule has 98 valence electrons. The first-order chi connectivity index (χ1) is 9.83. The number of hydrogen-bond acceptors (Lipinski definition) is 4. The minimum absolute atomic E-state index is 0.320. The second kappa shape index (κ2) is 5.36. The van der Waals surface area contributed by atoms with Crippen LogP contribution in [0.25, 0.3) is 10.9 Å². The second-order valence-electron chi connectivity index (χ2n) is 4.10. The van der Waals surface area contributed by atoms with E-state index in [1.165, 1.54) is 12.5 Å². The first kappa shape index (κ1) is 12.1. The van der Waals surface area contributed by atoms with Crippen molar-refractivity contribution in [1.29, 1.82) is 0 Å². The number of amides is 1. The highest BCUT2D eigenvalue weighted by Gasteiger charge is 2.06. The number of nitrogens with zero attached hydrogens (tertiary/aromatic N) is 2. The number of carbonyl (C=O) groups excluding carboxylic acids is 1. The van der Waals surface area contributed by atoms with Crippen molar-refractivity contribution >= 4 is 23.0 Å². The van der Waals surface area contributed by atoms with Gasteiger partial charge < -0.3 is 4.42 Å². The summed E-state index contributed by atoms with van der Waals surface area (Å²) in [7, 11) is 0. The molecule has 5 heteroatoms. The Morgan fingerprint density at radius 3 is 2.90 bits per heavy atom. The number of furan rings is 1. The predicted molar refractivity (Wildman–Crippen MR) is 75.5 cm³/mol. The third-order valence-electron chi connectivity index (χ3n) is 2.73. The highest BCUT2D eigenvalue weighted by molar-refractivity contribution is 5.95. The smallest absolute Gasteiger partial charge is 0.289 e. The fourth-order valence-corrected chi connectivity index (χ4v) is 1.77. The maximum Gasteiger partial charge on any atom is 0.289 e. The molecule has 0 aliphatic rings. The van der Waals surface area contributed by atoms with Crippen LogP contribution in [0, 0.1) is 0 Å². The number of fused-ring (bicyclic) bond motifs is 1. The normalized spacial score (nSPS) is 11.0. The average Bonchev–Trinajstić information content (AvgIpc) is 3.00. The lowest BCUT2D eigenvalue weighted by Crippen LogP contribution is -2.18. The summed E-state index contributed by atoms with van der Waals surface area (Å²) in [6.07, 6.45) is 2.97. The van der Waals surface area contributed by atoms with Gasteiger partial charge in [-0.2, -0.15) is 5.10 Å². The van der Waals surface area contributed by atoms with Crippen molar-refractivity contribution in [1.82, 2.24) is 10.4 Å². The largest absolute Gasteiger partial charge is 0.463 e. The van der Waals surface area contributed by atoms with Gasteiger partial charge in [-0.25, -0.2) is 10.4 Å². The van der Waals surface area contributed by atoms with Crippen LogP contribution in [0.2, 0.25) is 0 Å². The number of carbonyl (C=O) groups is 1. The van der Waals surface area contributed by atoms with Gasteiger partial charge in [0.05, 0.1) is 18.0 Å². The molecule has 0 bridgehead atoms. The zero-order valence-electron chi connectivity index (χ0n) is 10.5. The van der Waals surface area contributed by atoms with Crippen LogP contribution in [0.4, 0.5) is 0 Å². The van der Waals surface area contributed by atoms with E-state index >= 15 is 0 Å². The molecule has 5 nitrogen and oxygen atoms in total. The van der Waals surface area contributed by atoms with Gasteiger partial charge in [0, 0.05) is 5.39 Å². The van der Waals surface area contributed by atoms with E-state index in [-0.39, 0.29) is 5.91 Å². The summed E-state index contributed by atoms with van der Waals surface area (Å²) >= 11 is 0. The first-order valence-corrected chi connectivity index (χ1v) is 6.06. The maximum atomic E-state index is 11.9. The second-order valence-corrected chi connectivity index (χ2v) is 4.10. The van der Waals surface area contributed by atoms with Crippen LogP contribution < -0.4 is 5.43 Å². The van der Waals surface area contributed by atoms with Crippen LogP contribution in [0.15, 0.2) is 64.3 Å². The molecule has 1 N–H and O–H groups in total. The fraction of sp³-hybridized carbons (Fsp3) is 0. The van der Waals surface area contributed by atoms with Gasteiger partial charge in [0.2, 0.25) is 0 Å². The molecule has 0 saturated heterocycles. The van der Waals surface area contributed by atoms with E-state index < -0.39 is 0 Å². The van der Waals surface area contributed by atoms with Crippen molar-refractivity contribution < 1.29 is 9.21 Å². The lowest BCUT2D eigenvalue weighted by Gasteiger charge is -2.01. The molecule has 0 aliphatic heterocycles. The molecule has 1 amide bonds. The topological polar surface area (TPSA) is 67.5 Å². The molecule has 2 heterocycles. The van der Waals surface area contributed by atoms with Gasteiger partial charge in [-0.05, 0) is 24.3 Å². The van der Waals surface area contributed by atoms with Crippen molar-refractivity contribution in [2.24, 2.45) is 5.10 Å². The minimum Gasteiger partial charge on any atom is -0.463 e. The van der Waals surface area contributed by atoms with E-state index in [9.17, 15) is 4.79 Å². The van der Waals surface area contributed by atoms with Gasteiger partial charge >= 0.3 is 0 Å². The Kier molecular flexibility index (Phi) is 3.24. The first-order valence-electron chi connectivity index (χ1n) is 6.06. The van der Waals surface area contributed by atoms with Crippen LogP contribution >= 0.6 is 0 Å². The van der Waals surface area contributed by atoms with Crippen molar-refractivity contribution in [2.75, 3.05) is 0 Å². The molecule has 20 heavy (non-hydrogen) atoms. The Morgan fingerprint density at radius 2 is 2.05 bits per heavy atom. The number of rotatable bonds is 3. The lowest BCUT2D eigenvalue weighted by molar-refractivity contribution is 0.0950. The van der Waals surface area contributed by atoms with Crippen LogP contribution in [0.5, 0.6) is 0 Å². The summed E-state index contributed by atoms with van der Waals surface area (Å²) in [5.74, 6) is 0.204. The van der Waals surface area contributed by atoms with Crippen LogP contribution in [-0.2, 0) is 0 Å². The molecule has 0 saturated carbocycles. The third kappa shape index (κ3) is 2.56. The molecule has 3 rings (SSSR count). The van der Waals surface area contributed by atoms with Crippen LogP contribution in [-0.4, -0.2) is 17.1 Å². The number of benzene rings is 1. The number of aromatic nitrogens is 1.